The Bertz CT molecular complexity index is 1260. The van der Waals surface area contributed by atoms with Gasteiger partial charge in [-0.15, -0.1) is 0 Å². The molecule has 5 nitrogen and oxygen atoms in total. The molecule has 1 amide bonds. The molecule has 0 radical (unpaired) electrons. The molecule has 0 aliphatic heterocycles. The largest absolute Gasteiger partial charge is 0.482 e. The van der Waals surface area contributed by atoms with E-state index in [4.69, 9.17) is 32.4 Å². The van der Waals surface area contributed by atoms with Crippen LogP contribution in [0.25, 0.3) is 22.6 Å². The number of hydrogen-bond acceptors (Lipinski definition) is 4. The van der Waals surface area contributed by atoms with Gasteiger partial charge in [0.05, 0.1) is 15.6 Å². The molecule has 3 aromatic carbocycles. The predicted molar refractivity (Wildman–Crippen MR) is 110 cm³/mol. The van der Waals surface area contributed by atoms with Crippen LogP contribution in [0, 0.1) is 11.6 Å². The number of amides is 1. The molecule has 0 spiro atoms. The van der Waals surface area contributed by atoms with Crippen molar-refractivity contribution in [3.63, 3.8) is 0 Å². The number of hydrogen-bond donors (Lipinski definition) is 1. The average molecular weight is 449 g/mol. The van der Waals surface area contributed by atoms with Crippen molar-refractivity contribution in [3.05, 3.63) is 76.3 Å². The van der Waals surface area contributed by atoms with E-state index in [1.807, 2.05) is 0 Å². The van der Waals surface area contributed by atoms with E-state index in [2.05, 4.69) is 10.3 Å². The number of halogens is 4. The highest BCUT2D eigenvalue weighted by atomic mass is 35.5. The number of nitrogens with one attached hydrogen (secondary N) is 1. The van der Waals surface area contributed by atoms with Gasteiger partial charge < -0.3 is 14.5 Å². The minimum absolute atomic E-state index is 0.0272. The van der Waals surface area contributed by atoms with Crippen LogP contribution < -0.4 is 10.1 Å². The number of nitrogens with zero attached hydrogens (tertiary/aromatic N) is 1. The number of anilines is 1. The van der Waals surface area contributed by atoms with E-state index in [1.165, 1.54) is 0 Å². The van der Waals surface area contributed by atoms with Crippen LogP contribution in [0.5, 0.6) is 5.75 Å². The Morgan fingerprint density at radius 1 is 1.03 bits per heavy atom. The number of rotatable bonds is 5. The number of benzene rings is 3. The van der Waals surface area contributed by atoms with Gasteiger partial charge >= 0.3 is 0 Å². The topological polar surface area (TPSA) is 64.4 Å². The van der Waals surface area contributed by atoms with Crippen molar-refractivity contribution < 1.29 is 22.7 Å². The monoisotopic (exact) mass is 448 g/mol. The van der Waals surface area contributed by atoms with Crippen molar-refractivity contribution >= 4 is 45.9 Å². The quantitative estimate of drug-likeness (QED) is 0.374. The summed E-state index contributed by atoms with van der Waals surface area (Å²) in [5, 5.41) is 3.04. The predicted octanol–water partition coefficient (Wildman–Crippen LogP) is 6.10. The second kappa shape index (κ2) is 8.30. The Balaban J connectivity index is 1.51. The molecule has 1 N–H and O–H groups in total. The first kappa shape index (κ1) is 20.1. The smallest absolute Gasteiger partial charge is 0.262 e. The summed E-state index contributed by atoms with van der Waals surface area (Å²) in [4.78, 5) is 16.4. The fourth-order valence-electron chi connectivity index (χ4n) is 2.71. The number of fused-ring (bicyclic) bond motifs is 1. The van der Waals surface area contributed by atoms with Crippen LogP contribution in [0.15, 0.2) is 59.0 Å². The highest BCUT2D eigenvalue weighted by Crippen LogP contribution is 2.32. The molecule has 0 bridgehead atoms. The zero-order valence-corrected chi connectivity index (χ0v) is 16.6. The van der Waals surface area contributed by atoms with Gasteiger partial charge in [0.15, 0.2) is 23.8 Å². The fourth-order valence-corrected chi connectivity index (χ4v) is 3.13. The second-order valence-corrected chi connectivity index (χ2v) is 7.03. The summed E-state index contributed by atoms with van der Waals surface area (Å²) in [5.74, 6) is -2.11. The first-order valence-electron chi connectivity index (χ1n) is 8.63. The normalized spacial score (nSPS) is 10.9. The summed E-state index contributed by atoms with van der Waals surface area (Å²) < 4.78 is 37.8. The molecule has 0 aliphatic rings. The molecule has 0 unspecified atom stereocenters. The van der Waals surface area contributed by atoms with Crippen molar-refractivity contribution in [2.75, 3.05) is 11.9 Å². The van der Waals surface area contributed by atoms with Crippen LogP contribution in [0.2, 0.25) is 10.0 Å². The lowest BCUT2D eigenvalue weighted by Gasteiger charge is -2.08. The van der Waals surface area contributed by atoms with Gasteiger partial charge in [-0.3, -0.25) is 4.79 Å². The molecule has 4 aromatic rings. The maximum absolute atomic E-state index is 13.6. The van der Waals surface area contributed by atoms with Gasteiger partial charge in [0.2, 0.25) is 5.89 Å². The lowest BCUT2D eigenvalue weighted by molar-refractivity contribution is -0.118. The Hall–Kier alpha value is -3.16. The van der Waals surface area contributed by atoms with Crippen molar-refractivity contribution in [1.29, 1.82) is 0 Å². The Labute approximate surface area is 179 Å². The van der Waals surface area contributed by atoms with Crippen LogP contribution in [0.4, 0.5) is 14.5 Å². The average Bonchev–Trinajstić information content (AvgIpc) is 3.13. The van der Waals surface area contributed by atoms with Crippen molar-refractivity contribution in [2.45, 2.75) is 0 Å². The van der Waals surface area contributed by atoms with Gasteiger partial charge in [0.1, 0.15) is 11.3 Å². The van der Waals surface area contributed by atoms with Gasteiger partial charge in [-0.05, 0) is 42.5 Å². The van der Waals surface area contributed by atoms with Gasteiger partial charge in [0, 0.05) is 5.69 Å². The van der Waals surface area contributed by atoms with Crippen LogP contribution in [0.3, 0.4) is 0 Å². The van der Waals surface area contributed by atoms with E-state index in [-0.39, 0.29) is 23.1 Å². The van der Waals surface area contributed by atoms with E-state index in [9.17, 15) is 13.6 Å². The number of carbonyl (C=O) groups excluding carboxylic acids is 1. The summed E-state index contributed by atoms with van der Waals surface area (Å²) >= 11 is 12.0. The first-order chi connectivity index (χ1) is 14.4. The number of oxazole rings is 1. The van der Waals surface area contributed by atoms with Crippen LogP contribution in [-0.4, -0.2) is 17.5 Å². The number of ether oxygens (including phenoxy) is 1. The molecule has 1 aromatic heterocycles. The molecule has 0 saturated carbocycles. The molecule has 9 heteroatoms. The fraction of sp³-hybridized carbons (Fsp3) is 0.0476. The summed E-state index contributed by atoms with van der Waals surface area (Å²) in [7, 11) is 0. The molecule has 152 valence electrons. The molecule has 0 atom stereocenters. The third-order valence-electron chi connectivity index (χ3n) is 4.11. The van der Waals surface area contributed by atoms with Crippen LogP contribution in [-0.2, 0) is 4.79 Å². The summed E-state index contributed by atoms with van der Waals surface area (Å²) in [6, 6.07) is 13.3. The highest BCUT2D eigenvalue weighted by Gasteiger charge is 2.16. The third-order valence-corrected chi connectivity index (χ3v) is 4.73. The number of para-hydroxylation sites is 1. The summed E-state index contributed by atoms with van der Waals surface area (Å²) in [6.45, 7) is -0.240. The molecule has 4 rings (SSSR count). The Morgan fingerprint density at radius 2 is 1.80 bits per heavy atom. The number of aromatic nitrogens is 1. The Morgan fingerprint density at radius 3 is 2.60 bits per heavy atom. The molecule has 0 aliphatic carbocycles. The minimum Gasteiger partial charge on any atom is -0.482 e. The SMILES string of the molecule is O=C(COc1ccccc1Cl)Nc1ccc2oc(-c3cc(F)c(F)cc3Cl)nc2c1. The lowest BCUT2D eigenvalue weighted by atomic mass is 10.2. The molecular formula is C21H12Cl2F2N2O3. The first-order valence-corrected chi connectivity index (χ1v) is 9.39. The maximum atomic E-state index is 13.6. The zero-order valence-electron chi connectivity index (χ0n) is 15.1. The van der Waals surface area contributed by atoms with E-state index < -0.39 is 17.5 Å². The lowest BCUT2D eigenvalue weighted by Crippen LogP contribution is -2.20. The van der Waals surface area contributed by atoms with Crippen molar-refractivity contribution in [1.82, 2.24) is 4.98 Å². The minimum atomic E-state index is -1.07. The molecule has 1 heterocycles. The zero-order chi connectivity index (χ0) is 21.3. The van der Waals surface area contributed by atoms with Gasteiger partial charge in [-0.2, -0.15) is 0 Å². The van der Waals surface area contributed by atoms with Gasteiger partial charge in [-0.25, -0.2) is 13.8 Å². The second-order valence-electron chi connectivity index (χ2n) is 6.21. The highest BCUT2D eigenvalue weighted by molar-refractivity contribution is 6.33. The third kappa shape index (κ3) is 4.22. The summed E-state index contributed by atoms with van der Waals surface area (Å²) in [6.07, 6.45) is 0. The molecule has 0 saturated heterocycles. The standard InChI is InChI=1S/C21H12Cl2F2N2O3/c22-13-3-1-2-4-18(13)29-10-20(28)26-11-5-6-19-17(7-11)27-21(30-19)12-8-15(24)16(25)9-14(12)23/h1-9H,10H2,(H,26,28). The van der Waals surface area contributed by atoms with Crippen LogP contribution in [0.1, 0.15) is 0 Å². The van der Waals surface area contributed by atoms with Crippen molar-refractivity contribution in [2.24, 2.45) is 0 Å². The van der Waals surface area contributed by atoms with Gasteiger partial charge in [-0.1, -0.05) is 35.3 Å². The molecular weight excluding hydrogens is 437 g/mol. The maximum Gasteiger partial charge on any atom is 0.262 e. The van der Waals surface area contributed by atoms with Crippen molar-refractivity contribution in [3.8, 4) is 17.2 Å². The van der Waals surface area contributed by atoms with Crippen LogP contribution >= 0.6 is 23.2 Å². The van der Waals surface area contributed by atoms with E-state index in [1.54, 1.807) is 42.5 Å². The van der Waals surface area contributed by atoms with E-state index >= 15 is 0 Å². The van der Waals surface area contributed by atoms with Gasteiger partial charge in [0.25, 0.3) is 5.91 Å². The molecule has 30 heavy (non-hydrogen) atoms. The van der Waals surface area contributed by atoms with E-state index in [0.29, 0.717) is 27.6 Å². The summed E-state index contributed by atoms with van der Waals surface area (Å²) in [5.41, 5.74) is 1.35. The Kier molecular flexibility index (Phi) is 5.57. The number of carbonyl (C=O) groups is 1. The van der Waals surface area contributed by atoms with E-state index in [0.717, 1.165) is 12.1 Å². The molecule has 0 fully saturated rings.